The molecule has 0 aliphatic carbocycles. The molecular weight excluding hydrogens is 257 g/mol. The molecule has 1 rings (SSSR count). The van der Waals surface area contributed by atoms with Gasteiger partial charge in [-0.1, -0.05) is 29.8 Å². The second-order valence-corrected chi connectivity index (χ2v) is 5.21. The summed E-state index contributed by atoms with van der Waals surface area (Å²) < 4.78 is 14.3. The number of anilines is 1. The maximum Gasteiger partial charge on any atom is 0.146 e. The molecular formula is C12H17BrFN. The Balaban J connectivity index is 2.67. The van der Waals surface area contributed by atoms with Gasteiger partial charge in [0.05, 0.1) is 5.69 Å². The summed E-state index contributed by atoms with van der Waals surface area (Å²) in [6.45, 7) is 6.39. The summed E-state index contributed by atoms with van der Waals surface area (Å²) in [6.07, 6.45) is 1.03. The summed E-state index contributed by atoms with van der Waals surface area (Å²) in [5.41, 5.74) is 0.567. The number of nitrogens with one attached hydrogen (secondary N) is 1. The van der Waals surface area contributed by atoms with Gasteiger partial charge in [-0.2, -0.15) is 0 Å². The van der Waals surface area contributed by atoms with Gasteiger partial charge in [-0.3, -0.25) is 0 Å². The van der Waals surface area contributed by atoms with Crippen LogP contribution in [0.4, 0.5) is 10.1 Å². The zero-order chi connectivity index (χ0) is 11.4. The summed E-state index contributed by atoms with van der Waals surface area (Å²) in [5.74, 6) is 0.413. The van der Waals surface area contributed by atoms with Crippen molar-refractivity contribution in [3.05, 3.63) is 28.5 Å². The minimum Gasteiger partial charge on any atom is -0.380 e. The van der Waals surface area contributed by atoms with Crippen molar-refractivity contribution >= 4 is 21.6 Å². The maximum atomic E-state index is 13.4. The normalized spacial score (nSPS) is 12.9. The number of hydrogen-bond acceptors (Lipinski definition) is 1. The third-order valence-electron chi connectivity index (χ3n) is 2.16. The third-order valence-corrected chi connectivity index (χ3v) is 2.65. The molecule has 1 nitrogen and oxygen atoms in total. The smallest absolute Gasteiger partial charge is 0.146 e. The van der Waals surface area contributed by atoms with E-state index < -0.39 is 0 Å². The molecule has 1 aromatic carbocycles. The molecule has 0 saturated carbocycles. The predicted octanol–water partition coefficient (Wildman–Crippen LogP) is 4.43. The molecule has 0 heterocycles. The van der Waals surface area contributed by atoms with Crippen molar-refractivity contribution in [2.24, 2.45) is 5.92 Å². The Labute approximate surface area is 99.2 Å². The summed E-state index contributed by atoms with van der Waals surface area (Å²) in [5, 5.41) is 3.18. The highest BCUT2D eigenvalue weighted by Gasteiger charge is 2.08. The highest BCUT2D eigenvalue weighted by molar-refractivity contribution is 9.10. The van der Waals surface area contributed by atoms with Gasteiger partial charge < -0.3 is 5.32 Å². The molecule has 15 heavy (non-hydrogen) atoms. The van der Waals surface area contributed by atoms with Crippen LogP contribution in [-0.4, -0.2) is 6.04 Å². The second-order valence-electron chi connectivity index (χ2n) is 4.30. The Morgan fingerprint density at radius 2 is 2.00 bits per heavy atom. The molecule has 1 N–H and O–H groups in total. The topological polar surface area (TPSA) is 12.0 Å². The number of hydrogen-bond donors (Lipinski definition) is 1. The predicted molar refractivity (Wildman–Crippen MR) is 66.6 cm³/mol. The lowest BCUT2D eigenvalue weighted by Crippen LogP contribution is -2.18. The quantitative estimate of drug-likeness (QED) is 0.856. The van der Waals surface area contributed by atoms with Crippen LogP contribution in [0.2, 0.25) is 0 Å². The molecule has 0 fully saturated rings. The molecule has 0 radical (unpaired) electrons. The van der Waals surface area contributed by atoms with Crippen LogP contribution < -0.4 is 5.32 Å². The highest BCUT2D eigenvalue weighted by atomic mass is 79.9. The van der Waals surface area contributed by atoms with Crippen LogP contribution in [0.3, 0.4) is 0 Å². The fourth-order valence-corrected chi connectivity index (χ4v) is 2.00. The fourth-order valence-electron chi connectivity index (χ4n) is 1.64. The van der Waals surface area contributed by atoms with Crippen molar-refractivity contribution in [2.75, 3.05) is 5.32 Å². The average Bonchev–Trinajstić information content (AvgIpc) is 2.10. The largest absolute Gasteiger partial charge is 0.380 e. The van der Waals surface area contributed by atoms with Gasteiger partial charge in [-0.15, -0.1) is 0 Å². The molecule has 0 amide bonds. The van der Waals surface area contributed by atoms with Crippen LogP contribution >= 0.6 is 15.9 Å². The van der Waals surface area contributed by atoms with E-state index in [0.29, 0.717) is 11.6 Å². The minimum absolute atomic E-state index is 0.200. The second kappa shape index (κ2) is 5.50. The highest BCUT2D eigenvalue weighted by Crippen LogP contribution is 2.21. The molecule has 0 spiro atoms. The van der Waals surface area contributed by atoms with E-state index >= 15 is 0 Å². The molecule has 1 atom stereocenters. The lowest BCUT2D eigenvalue weighted by molar-refractivity contribution is 0.536. The Bertz CT molecular complexity index is 325. The van der Waals surface area contributed by atoms with Crippen LogP contribution in [-0.2, 0) is 0 Å². The molecule has 1 unspecified atom stereocenters. The molecule has 3 heteroatoms. The zero-order valence-corrected chi connectivity index (χ0v) is 10.9. The van der Waals surface area contributed by atoms with Crippen LogP contribution in [0.15, 0.2) is 22.7 Å². The van der Waals surface area contributed by atoms with Gasteiger partial charge in [-0.25, -0.2) is 4.39 Å². The van der Waals surface area contributed by atoms with E-state index in [1.165, 1.54) is 6.07 Å². The Morgan fingerprint density at radius 1 is 1.33 bits per heavy atom. The van der Waals surface area contributed by atoms with Gasteiger partial charge in [0.15, 0.2) is 0 Å². The lowest BCUT2D eigenvalue weighted by atomic mass is 10.1. The molecule has 0 aliphatic rings. The Morgan fingerprint density at radius 3 is 2.60 bits per heavy atom. The standard InChI is InChI=1S/C12H17BrFN/c1-8(2)6-9(3)15-12-7-10(13)4-5-11(12)14/h4-5,7-9,15H,6H2,1-3H3. The Hall–Kier alpha value is -0.570. The maximum absolute atomic E-state index is 13.4. The third kappa shape index (κ3) is 4.20. The molecule has 1 aromatic rings. The van der Waals surface area contributed by atoms with Gasteiger partial charge in [0.2, 0.25) is 0 Å². The first kappa shape index (κ1) is 12.5. The monoisotopic (exact) mass is 273 g/mol. The van der Waals surface area contributed by atoms with Crippen molar-refractivity contribution in [1.82, 2.24) is 0 Å². The van der Waals surface area contributed by atoms with E-state index in [1.54, 1.807) is 12.1 Å². The van der Waals surface area contributed by atoms with E-state index in [2.05, 4.69) is 42.0 Å². The molecule has 84 valence electrons. The number of benzene rings is 1. The first-order valence-corrected chi connectivity index (χ1v) is 6.00. The fraction of sp³-hybridized carbons (Fsp3) is 0.500. The van der Waals surface area contributed by atoms with Gasteiger partial charge in [0, 0.05) is 10.5 Å². The summed E-state index contributed by atoms with van der Waals surface area (Å²) in [4.78, 5) is 0. The van der Waals surface area contributed by atoms with Crippen LogP contribution in [0.25, 0.3) is 0 Å². The van der Waals surface area contributed by atoms with Gasteiger partial charge in [0.1, 0.15) is 5.82 Å². The van der Waals surface area contributed by atoms with Gasteiger partial charge >= 0.3 is 0 Å². The van der Waals surface area contributed by atoms with E-state index in [4.69, 9.17) is 0 Å². The van der Waals surface area contributed by atoms with E-state index in [-0.39, 0.29) is 11.9 Å². The van der Waals surface area contributed by atoms with Crippen molar-refractivity contribution in [3.8, 4) is 0 Å². The van der Waals surface area contributed by atoms with Gasteiger partial charge in [0.25, 0.3) is 0 Å². The lowest BCUT2D eigenvalue weighted by Gasteiger charge is -2.17. The average molecular weight is 274 g/mol. The van der Waals surface area contributed by atoms with Crippen molar-refractivity contribution in [1.29, 1.82) is 0 Å². The SMILES string of the molecule is CC(C)CC(C)Nc1cc(Br)ccc1F. The van der Waals surface area contributed by atoms with E-state index in [9.17, 15) is 4.39 Å². The first-order valence-electron chi connectivity index (χ1n) is 5.20. The number of halogens is 2. The molecule has 0 aromatic heterocycles. The van der Waals surface area contributed by atoms with Crippen molar-refractivity contribution < 1.29 is 4.39 Å². The summed E-state index contributed by atoms with van der Waals surface area (Å²) >= 11 is 3.33. The Kier molecular flexibility index (Phi) is 4.58. The van der Waals surface area contributed by atoms with E-state index in [1.807, 2.05) is 0 Å². The molecule has 0 bridgehead atoms. The molecule has 0 saturated heterocycles. The van der Waals surface area contributed by atoms with Crippen molar-refractivity contribution in [3.63, 3.8) is 0 Å². The minimum atomic E-state index is -0.200. The molecule has 0 aliphatic heterocycles. The van der Waals surface area contributed by atoms with Gasteiger partial charge in [-0.05, 0) is 37.5 Å². The zero-order valence-electron chi connectivity index (χ0n) is 9.35. The van der Waals surface area contributed by atoms with Crippen LogP contribution in [0.5, 0.6) is 0 Å². The van der Waals surface area contributed by atoms with Crippen LogP contribution in [0.1, 0.15) is 27.2 Å². The van der Waals surface area contributed by atoms with Crippen molar-refractivity contribution in [2.45, 2.75) is 33.2 Å². The van der Waals surface area contributed by atoms with Crippen LogP contribution in [0, 0.1) is 11.7 Å². The summed E-state index contributed by atoms with van der Waals surface area (Å²) in [7, 11) is 0. The van der Waals surface area contributed by atoms with E-state index in [0.717, 1.165) is 10.9 Å². The first-order chi connectivity index (χ1) is 6.99. The number of rotatable bonds is 4. The summed E-state index contributed by atoms with van der Waals surface area (Å²) in [6, 6.07) is 5.22.